The van der Waals surface area contributed by atoms with Crippen LogP contribution in [0.5, 0.6) is 0 Å². The van der Waals surface area contributed by atoms with Crippen LogP contribution in [0.4, 0.5) is 8.78 Å². The molecule has 2 amide bonds. The molecule has 0 radical (unpaired) electrons. The van der Waals surface area contributed by atoms with Gasteiger partial charge in [0.1, 0.15) is 0 Å². The average Bonchev–Trinajstić information content (AvgIpc) is 2.86. The first kappa shape index (κ1) is 16.8. The Balaban J connectivity index is 1.63. The topological polar surface area (TPSA) is 66.6 Å². The van der Waals surface area contributed by atoms with Crippen molar-refractivity contribution < 1.29 is 18.4 Å². The van der Waals surface area contributed by atoms with Gasteiger partial charge in [-0.1, -0.05) is 6.07 Å². The van der Waals surface area contributed by atoms with E-state index in [1.165, 1.54) is 6.07 Å². The molecule has 0 saturated carbocycles. The van der Waals surface area contributed by atoms with Gasteiger partial charge in [-0.25, -0.2) is 8.78 Å². The van der Waals surface area contributed by atoms with Crippen LogP contribution in [-0.2, 0) is 16.1 Å². The Morgan fingerprint density at radius 3 is 2.54 bits per heavy atom. The number of amides is 2. The highest BCUT2D eigenvalue weighted by molar-refractivity contribution is 5.80. The van der Waals surface area contributed by atoms with E-state index in [-0.39, 0.29) is 30.3 Å². The Labute approximate surface area is 139 Å². The quantitative estimate of drug-likeness (QED) is 0.903. The summed E-state index contributed by atoms with van der Waals surface area (Å²) in [6, 6.07) is 3.72. The lowest BCUT2D eigenvalue weighted by atomic mass is 9.77. The molecule has 2 heterocycles. The van der Waals surface area contributed by atoms with Crippen LogP contribution in [0.2, 0.25) is 0 Å². The number of benzene rings is 1. The lowest BCUT2D eigenvalue weighted by molar-refractivity contribution is -0.131. The number of likely N-dealkylation sites (tertiary alicyclic amines) is 2. The smallest absolute Gasteiger partial charge is 0.236 e. The van der Waals surface area contributed by atoms with E-state index in [4.69, 9.17) is 5.73 Å². The van der Waals surface area contributed by atoms with Crippen molar-refractivity contribution in [2.24, 2.45) is 11.1 Å². The second-order valence-electron chi connectivity index (χ2n) is 6.76. The molecule has 2 fully saturated rings. The van der Waals surface area contributed by atoms with Gasteiger partial charge in [-0.3, -0.25) is 9.59 Å². The molecule has 1 aromatic carbocycles. The molecule has 2 N–H and O–H groups in total. The van der Waals surface area contributed by atoms with Crippen molar-refractivity contribution in [3.05, 3.63) is 35.4 Å². The number of nitrogens with two attached hydrogens (primary N) is 1. The van der Waals surface area contributed by atoms with Gasteiger partial charge in [0.2, 0.25) is 11.8 Å². The zero-order valence-electron chi connectivity index (χ0n) is 13.4. The van der Waals surface area contributed by atoms with Crippen LogP contribution in [0, 0.1) is 17.0 Å². The van der Waals surface area contributed by atoms with E-state index < -0.39 is 11.6 Å². The zero-order valence-corrected chi connectivity index (χ0v) is 13.4. The molecule has 3 rings (SSSR count). The van der Waals surface area contributed by atoms with Crippen molar-refractivity contribution in [1.29, 1.82) is 0 Å². The van der Waals surface area contributed by atoms with Gasteiger partial charge in [0, 0.05) is 38.0 Å². The first-order chi connectivity index (χ1) is 11.4. The third-order valence-corrected chi connectivity index (χ3v) is 5.11. The van der Waals surface area contributed by atoms with E-state index in [1.54, 1.807) is 9.80 Å². The molecule has 0 aliphatic carbocycles. The molecule has 1 spiro atoms. The third-order valence-electron chi connectivity index (χ3n) is 5.11. The van der Waals surface area contributed by atoms with E-state index in [1.807, 2.05) is 0 Å². The minimum Gasteiger partial charge on any atom is -0.342 e. The molecular weight excluding hydrogens is 316 g/mol. The minimum absolute atomic E-state index is 0.00812. The molecule has 2 aliphatic heterocycles. The van der Waals surface area contributed by atoms with Crippen molar-refractivity contribution in [3.63, 3.8) is 0 Å². The number of halogens is 2. The van der Waals surface area contributed by atoms with Gasteiger partial charge >= 0.3 is 0 Å². The summed E-state index contributed by atoms with van der Waals surface area (Å²) in [4.78, 5) is 27.4. The SMILES string of the molecule is NCC(=O)N1CCC2(CC1)CC(=O)N(Cc1ccc(F)c(F)c1)C2. The lowest BCUT2D eigenvalue weighted by Gasteiger charge is -2.38. The van der Waals surface area contributed by atoms with Gasteiger partial charge in [-0.15, -0.1) is 0 Å². The monoisotopic (exact) mass is 337 g/mol. The number of carbonyl (C=O) groups excluding carboxylic acids is 2. The van der Waals surface area contributed by atoms with E-state index in [0.717, 1.165) is 25.0 Å². The largest absolute Gasteiger partial charge is 0.342 e. The predicted molar refractivity (Wildman–Crippen MR) is 83.7 cm³/mol. The number of hydrogen-bond acceptors (Lipinski definition) is 3. The Kier molecular flexibility index (Phi) is 4.54. The second kappa shape index (κ2) is 6.47. The fraction of sp³-hybridized carbons (Fsp3) is 0.529. The first-order valence-electron chi connectivity index (χ1n) is 8.12. The molecule has 130 valence electrons. The Morgan fingerprint density at radius 1 is 1.21 bits per heavy atom. The van der Waals surface area contributed by atoms with Gasteiger partial charge in [0.05, 0.1) is 6.54 Å². The number of rotatable bonds is 3. The van der Waals surface area contributed by atoms with E-state index in [9.17, 15) is 18.4 Å². The predicted octanol–water partition coefficient (Wildman–Crippen LogP) is 1.26. The highest BCUT2D eigenvalue weighted by Gasteiger charge is 2.45. The van der Waals surface area contributed by atoms with Gasteiger partial charge in [-0.05, 0) is 30.5 Å². The normalized spacial score (nSPS) is 20.0. The molecule has 0 atom stereocenters. The summed E-state index contributed by atoms with van der Waals surface area (Å²) in [5.74, 6) is -1.83. The van der Waals surface area contributed by atoms with Gasteiger partial charge in [-0.2, -0.15) is 0 Å². The average molecular weight is 337 g/mol. The van der Waals surface area contributed by atoms with Crippen LogP contribution in [0.3, 0.4) is 0 Å². The fourth-order valence-corrected chi connectivity index (χ4v) is 3.68. The van der Waals surface area contributed by atoms with Gasteiger partial charge in [0.25, 0.3) is 0 Å². The molecule has 2 aliphatic rings. The highest BCUT2D eigenvalue weighted by Crippen LogP contribution is 2.41. The van der Waals surface area contributed by atoms with Crippen molar-refractivity contribution in [2.75, 3.05) is 26.2 Å². The summed E-state index contributed by atoms with van der Waals surface area (Å²) >= 11 is 0. The summed E-state index contributed by atoms with van der Waals surface area (Å²) in [7, 11) is 0. The molecule has 0 bridgehead atoms. The number of hydrogen-bond donors (Lipinski definition) is 1. The summed E-state index contributed by atoms with van der Waals surface area (Å²) in [6.07, 6.45) is 1.97. The van der Waals surface area contributed by atoms with Crippen molar-refractivity contribution >= 4 is 11.8 Å². The molecule has 5 nitrogen and oxygen atoms in total. The summed E-state index contributed by atoms with van der Waals surface area (Å²) in [6.45, 7) is 2.11. The van der Waals surface area contributed by atoms with E-state index >= 15 is 0 Å². The van der Waals surface area contributed by atoms with E-state index in [0.29, 0.717) is 31.6 Å². The summed E-state index contributed by atoms with van der Waals surface area (Å²) in [5.41, 5.74) is 5.84. The molecule has 24 heavy (non-hydrogen) atoms. The van der Waals surface area contributed by atoms with Gasteiger partial charge in [0.15, 0.2) is 11.6 Å². The van der Waals surface area contributed by atoms with Crippen molar-refractivity contribution in [1.82, 2.24) is 9.80 Å². The molecule has 2 saturated heterocycles. The van der Waals surface area contributed by atoms with Crippen LogP contribution < -0.4 is 5.73 Å². The molecule has 0 unspecified atom stereocenters. The minimum atomic E-state index is -0.900. The zero-order chi connectivity index (χ0) is 17.3. The number of carbonyl (C=O) groups is 2. The maximum absolute atomic E-state index is 13.3. The first-order valence-corrected chi connectivity index (χ1v) is 8.12. The van der Waals surface area contributed by atoms with Crippen molar-refractivity contribution in [2.45, 2.75) is 25.8 Å². The fourth-order valence-electron chi connectivity index (χ4n) is 3.68. The standard InChI is InChI=1S/C17H21F2N3O2/c18-13-2-1-12(7-14(13)19)10-22-11-17(8-15(22)23)3-5-21(6-4-17)16(24)9-20/h1-2,7H,3-6,8-11,20H2. The van der Waals surface area contributed by atoms with Crippen LogP contribution in [-0.4, -0.2) is 47.8 Å². The van der Waals surface area contributed by atoms with Gasteiger partial charge < -0.3 is 15.5 Å². The van der Waals surface area contributed by atoms with Crippen LogP contribution >= 0.6 is 0 Å². The Morgan fingerprint density at radius 2 is 1.92 bits per heavy atom. The molecular formula is C17H21F2N3O2. The lowest BCUT2D eigenvalue weighted by Crippen LogP contribution is -2.46. The third kappa shape index (κ3) is 3.26. The molecule has 7 heteroatoms. The van der Waals surface area contributed by atoms with Crippen LogP contribution in [0.15, 0.2) is 18.2 Å². The van der Waals surface area contributed by atoms with Crippen molar-refractivity contribution in [3.8, 4) is 0 Å². The van der Waals surface area contributed by atoms with Crippen LogP contribution in [0.25, 0.3) is 0 Å². The molecule has 0 aromatic heterocycles. The summed E-state index contributed by atoms with van der Waals surface area (Å²) < 4.78 is 26.3. The number of nitrogens with zero attached hydrogens (tertiary/aromatic N) is 2. The second-order valence-corrected chi connectivity index (χ2v) is 6.76. The highest BCUT2D eigenvalue weighted by atomic mass is 19.2. The Bertz CT molecular complexity index is 657. The maximum atomic E-state index is 13.3. The van der Waals surface area contributed by atoms with E-state index in [2.05, 4.69) is 0 Å². The maximum Gasteiger partial charge on any atom is 0.236 e. The summed E-state index contributed by atoms with van der Waals surface area (Å²) in [5, 5.41) is 0. The molecule has 1 aromatic rings. The Hall–Kier alpha value is -2.02. The number of piperidine rings is 1. The van der Waals surface area contributed by atoms with Crippen LogP contribution in [0.1, 0.15) is 24.8 Å².